The number of hydrogen-bond donors (Lipinski definition) is 0. The van der Waals surface area contributed by atoms with E-state index in [4.69, 9.17) is 0 Å². The van der Waals surface area contributed by atoms with Crippen LogP contribution in [0.15, 0.2) is 96.6 Å². The van der Waals surface area contributed by atoms with Crippen LogP contribution in [0.4, 0.5) is 0 Å². The second-order valence-electron chi connectivity index (χ2n) is 9.13. The lowest BCUT2D eigenvalue weighted by molar-refractivity contribution is 0.625. The second-order valence-corrected chi connectivity index (χ2v) is 9.13. The lowest BCUT2D eigenvalue weighted by atomic mass is 9.99. The minimum atomic E-state index is -0.0175. The van der Waals surface area contributed by atoms with Crippen LogP contribution in [0.5, 0.6) is 0 Å². The van der Waals surface area contributed by atoms with E-state index < -0.39 is 0 Å². The molecular formula is C31H23N3. The molecule has 0 radical (unpaired) electrons. The van der Waals surface area contributed by atoms with Gasteiger partial charge in [0.25, 0.3) is 0 Å². The number of fused-ring (bicyclic) bond motifs is 6. The van der Waals surface area contributed by atoms with Crippen molar-refractivity contribution in [2.45, 2.75) is 25.3 Å². The van der Waals surface area contributed by atoms with E-state index >= 15 is 0 Å². The topological polar surface area (TPSA) is 33.6 Å². The molecule has 3 nitrogen and oxygen atoms in total. The lowest BCUT2D eigenvalue weighted by Gasteiger charge is -2.23. The smallest absolute Gasteiger partial charge is 0.0969 e. The normalized spacial score (nSPS) is 17.3. The molecule has 0 bridgehead atoms. The number of benzene rings is 3. The number of allylic oxidation sites excluding steroid dienone is 5. The molecule has 2 aromatic heterocycles. The molecule has 2 heterocycles. The third-order valence-corrected chi connectivity index (χ3v) is 7.37. The summed E-state index contributed by atoms with van der Waals surface area (Å²) in [6.07, 6.45) is 13.6. The van der Waals surface area contributed by atoms with Crippen molar-refractivity contribution < 1.29 is 0 Å². The molecule has 0 saturated heterocycles. The van der Waals surface area contributed by atoms with Gasteiger partial charge in [-0.05, 0) is 43.5 Å². The van der Waals surface area contributed by atoms with Crippen LogP contribution in [-0.2, 0) is 6.42 Å². The second kappa shape index (κ2) is 7.37. The van der Waals surface area contributed by atoms with Crippen molar-refractivity contribution in [3.63, 3.8) is 0 Å². The summed E-state index contributed by atoms with van der Waals surface area (Å²) in [6.45, 7) is 0. The minimum Gasteiger partial charge on any atom is -0.330 e. The predicted molar refractivity (Wildman–Crippen MR) is 140 cm³/mol. The first-order chi connectivity index (χ1) is 16.9. The molecule has 7 rings (SSSR count). The van der Waals surface area contributed by atoms with Crippen molar-refractivity contribution in [3.8, 4) is 11.8 Å². The number of rotatable bonds is 2. The van der Waals surface area contributed by atoms with Crippen LogP contribution in [0, 0.1) is 11.3 Å². The molecular weight excluding hydrogens is 414 g/mol. The van der Waals surface area contributed by atoms with Gasteiger partial charge in [0.15, 0.2) is 0 Å². The molecule has 0 amide bonds. The first-order valence-electron chi connectivity index (χ1n) is 11.9. The number of para-hydroxylation sites is 3. The van der Waals surface area contributed by atoms with Gasteiger partial charge in [0, 0.05) is 32.9 Å². The van der Waals surface area contributed by atoms with Gasteiger partial charge >= 0.3 is 0 Å². The first kappa shape index (κ1) is 19.2. The zero-order valence-corrected chi connectivity index (χ0v) is 18.8. The third kappa shape index (κ3) is 2.57. The van der Waals surface area contributed by atoms with E-state index in [2.05, 4.69) is 100 Å². The number of nitrogens with zero attached hydrogens (tertiary/aromatic N) is 3. The molecule has 0 spiro atoms. The van der Waals surface area contributed by atoms with Crippen LogP contribution in [-0.4, -0.2) is 9.13 Å². The predicted octanol–water partition coefficient (Wildman–Crippen LogP) is 7.65. The van der Waals surface area contributed by atoms with Crippen molar-refractivity contribution in [1.29, 1.82) is 5.26 Å². The molecule has 1 unspecified atom stereocenters. The van der Waals surface area contributed by atoms with Gasteiger partial charge in [0.05, 0.1) is 34.4 Å². The molecule has 1 atom stereocenters. The largest absolute Gasteiger partial charge is 0.330 e. The Kier molecular flexibility index (Phi) is 4.16. The van der Waals surface area contributed by atoms with E-state index in [1.165, 1.54) is 49.7 Å². The molecule has 3 heteroatoms. The highest BCUT2D eigenvalue weighted by molar-refractivity contribution is 6.11. The maximum absolute atomic E-state index is 9.98. The van der Waals surface area contributed by atoms with E-state index in [0.717, 1.165) is 24.8 Å². The third-order valence-electron chi connectivity index (χ3n) is 7.37. The molecule has 2 aliphatic rings. The molecule has 162 valence electrons. The van der Waals surface area contributed by atoms with Crippen molar-refractivity contribution in [2.24, 2.45) is 0 Å². The van der Waals surface area contributed by atoms with Crippen molar-refractivity contribution in [2.75, 3.05) is 0 Å². The maximum Gasteiger partial charge on any atom is 0.0969 e. The van der Waals surface area contributed by atoms with Crippen LogP contribution >= 0.6 is 0 Å². The highest BCUT2D eigenvalue weighted by Crippen LogP contribution is 2.42. The summed E-state index contributed by atoms with van der Waals surface area (Å²) in [6, 6.07) is 26.5. The molecule has 5 aromatic rings. The van der Waals surface area contributed by atoms with Crippen LogP contribution < -0.4 is 0 Å². The van der Waals surface area contributed by atoms with E-state index in [1.54, 1.807) is 0 Å². The fourth-order valence-corrected chi connectivity index (χ4v) is 5.96. The van der Waals surface area contributed by atoms with E-state index in [0.29, 0.717) is 0 Å². The van der Waals surface area contributed by atoms with Gasteiger partial charge in [-0.15, -0.1) is 0 Å². The fraction of sp³-hybridized carbons (Fsp3) is 0.129. The quantitative estimate of drug-likeness (QED) is 0.279. The Morgan fingerprint density at radius 3 is 2.50 bits per heavy atom. The van der Waals surface area contributed by atoms with E-state index in [9.17, 15) is 5.26 Å². The van der Waals surface area contributed by atoms with Gasteiger partial charge in [-0.25, -0.2) is 0 Å². The lowest BCUT2D eigenvalue weighted by Crippen LogP contribution is -2.14. The monoisotopic (exact) mass is 437 g/mol. The number of aromatic nitrogens is 2. The Bertz CT molecular complexity index is 1750. The van der Waals surface area contributed by atoms with E-state index in [1.807, 2.05) is 12.2 Å². The van der Waals surface area contributed by atoms with Crippen molar-refractivity contribution >= 4 is 38.8 Å². The zero-order valence-electron chi connectivity index (χ0n) is 18.8. The molecule has 0 aliphatic heterocycles. The highest BCUT2D eigenvalue weighted by Gasteiger charge is 2.26. The number of hydrogen-bond acceptors (Lipinski definition) is 1. The minimum absolute atomic E-state index is 0.0175. The zero-order chi connectivity index (χ0) is 22.6. The Morgan fingerprint density at radius 2 is 1.62 bits per heavy atom. The summed E-state index contributed by atoms with van der Waals surface area (Å²) in [4.78, 5) is 0. The highest BCUT2D eigenvalue weighted by atomic mass is 15.1. The van der Waals surface area contributed by atoms with Crippen LogP contribution in [0.25, 0.3) is 44.5 Å². The Balaban J connectivity index is 1.65. The molecule has 0 fully saturated rings. The van der Waals surface area contributed by atoms with Crippen LogP contribution in [0.3, 0.4) is 0 Å². The average molecular weight is 438 g/mol. The SMILES string of the molecule is N#CC1=CC=CCC1n1c2ccccc2c2cccc(-n3c4c(c5ccccc53)C=CCC4)c21. The summed E-state index contributed by atoms with van der Waals surface area (Å²) in [5, 5.41) is 13.7. The average Bonchev–Trinajstić information content (AvgIpc) is 3.42. The van der Waals surface area contributed by atoms with Crippen molar-refractivity contribution in [3.05, 3.63) is 108 Å². The van der Waals surface area contributed by atoms with Gasteiger partial charge < -0.3 is 9.13 Å². The first-order valence-corrected chi connectivity index (χ1v) is 11.9. The summed E-state index contributed by atoms with van der Waals surface area (Å²) in [5.74, 6) is 0. The maximum atomic E-state index is 9.98. The van der Waals surface area contributed by atoms with Crippen LogP contribution in [0.2, 0.25) is 0 Å². The Morgan fingerprint density at radius 1 is 0.824 bits per heavy atom. The molecule has 2 aliphatic carbocycles. The fourth-order valence-electron chi connectivity index (χ4n) is 5.96. The Labute approximate surface area is 198 Å². The summed E-state index contributed by atoms with van der Waals surface area (Å²) >= 11 is 0. The Hall–Kier alpha value is -4.29. The molecule has 0 saturated carbocycles. The van der Waals surface area contributed by atoms with Crippen molar-refractivity contribution in [1.82, 2.24) is 9.13 Å². The summed E-state index contributed by atoms with van der Waals surface area (Å²) in [7, 11) is 0. The van der Waals surface area contributed by atoms with Gasteiger partial charge in [-0.1, -0.05) is 72.8 Å². The molecule has 34 heavy (non-hydrogen) atoms. The standard InChI is InChI=1S/C31H23N3/c32-20-21-10-1-5-15-26(21)34-29-18-8-4-13-24(29)25-14-9-19-30(31(25)34)33-27-16-6-2-11-22(27)23-12-3-7-17-28(23)33/h1-6,8-14,16,18-19,26H,7,15,17H2. The van der Waals surface area contributed by atoms with Gasteiger partial charge in [0.1, 0.15) is 0 Å². The van der Waals surface area contributed by atoms with Crippen LogP contribution in [0.1, 0.15) is 30.1 Å². The van der Waals surface area contributed by atoms with Gasteiger partial charge in [-0.3, -0.25) is 0 Å². The summed E-state index contributed by atoms with van der Waals surface area (Å²) in [5.41, 5.74) is 8.31. The van der Waals surface area contributed by atoms with E-state index in [-0.39, 0.29) is 6.04 Å². The van der Waals surface area contributed by atoms with Gasteiger partial charge in [-0.2, -0.15) is 5.26 Å². The molecule has 3 aromatic carbocycles. The van der Waals surface area contributed by atoms with Gasteiger partial charge in [0.2, 0.25) is 0 Å². The summed E-state index contributed by atoms with van der Waals surface area (Å²) < 4.78 is 4.89. The molecule has 0 N–H and O–H groups in total. The number of nitriles is 1.